The Hall–Kier alpha value is -11.4. The number of carbonyl (C=O) groups excluding carboxylic acids is 6. The third-order valence-electron chi connectivity index (χ3n) is 11.7. The van der Waals surface area contributed by atoms with Gasteiger partial charge in [0.1, 0.15) is 11.2 Å². The fourth-order valence-corrected chi connectivity index (χ4v) is 7.65. The molecule has 95 heavy (non-hydrogen) atoms. The van der Waals surface area contributed by atoms with Crippen molar-refractivity contribution >= 4 is 88.9 Å². The number of carboxylic acids is 2. The van der Waals surface area contributed by atoms with Crippen LogP contribution in [0.15, 0.2) is 194 Å². The van der Waals surface area contributed by atoms with E-state index < -0.39 is 93.9 Å². The van der Waals surface area contributed by atoms with Crippen LogP contribution in [0.3, 0.4) is 0 Å². The molecule has 0 saturated heterocycles. The number of alkyl halides is 9. The molecular weight excluding hydrogens is 1260 g/mol. The number of hydrogen-bond acceptors (Lipinski definition) is 11. The first-order chi connectivity index (χ1) is 44.3. The number of benzene rings is 7. The summed E-state index contributed by atoms with van der Waals surface area (Å²) in [5.74, 6) is -5.92. The molecule has 7 N–H and O–H groups in total. The minimum Gasteiger partial charge on any atom is -0.478 e. The second-order valence-corrected chi connectivity index (χ2v) is 21.5. The molecule has 0 aliphatic carbocycles. The number of nitrogens with one attached hydrogen (secondary N) is 4. The van der Waals surface area contributed by atoms with Crippen LogP contribution in [0.4, 0.5) is 56.6 Å². The summed E-state index contributed by atoms with van der Waals surface area (Å²) in [5.41, 5.74) is -0.158. The standard InChI is InChI=1S/C21H20F3NO3.C17H13F3N2O3.C17H12F3NO3.C14H16O4/c1-20(2,3)28-18(26)12-11-14-7-4-5-10-17(14)19(27)25-16-9-6-8-15(13-16)21(22,23)24;18-17(19,20)12-5-3-6-13(10-12)21-16(24)14-7-2-1-4-11(14)8-9-15(23)22-25;18-17(19,20)12-5-3-6-13(10-12)21-16(24)14-7-2-1-4-11(14)8-9-15(22)23;1-14(2,3)18-12(15)9-8-10-6-4-5-7-11(10)13(16)17/h4-13H,1-3H3,(H,25,27);1-10,25H,(H,21,24)(H,22,23);1-10H,(H,21,24)(H,22,23);4-9H,1-3H3,(H,16,17)/b12-11+;3*9-8+. The Bertz CT molecular complexity index is 4010. The number of halogens is 9. The molecule has 0 spiro atoms. The SMILES string of the molecule is CC(C)(C)OC(=O)/C=C/c1ccccc1C(=O)Nc1cccc(C(F)(F)F)c1.CC(C)(C)OC(=O)/C=C/c1ccccc1C(=O)O.O=C(/C=C/c1ccccc1C(=O)Nc1cccc(C(F)(F)F)c1)NO.O=C(O)/C=C/c1ccccc1C(=O)Nc1cccc(C(F)(F)F)c1. The highest BCUT2D eigenvalue weighted by molar-refractivity contribution is 6.09. The van der Waals surface area contributed by atoms with Crippen LogP contribution in [0, 0.1) is 0 Å². The molecule has 26 heteroatoms. The molecule has 0 bridgehead atoms. The van der Waals surface area contributed by atoms with Crippen LogP contribution < -0.4 is 21.4 Å². The minimum atomic E-state index is -4.51. The van der Waals surface area contributed by atoms with Gasteiger partial charge in [-0.05, 0) is 167 Å². The quantitative estimate of drug-likeness (QED) is 0.0166. The van der Waals surface area contributed by atoms with Gasteiger partial charge in [0.25, 0.3) is 23.6 Å². The van der Waals surface area contributed by atoms with E-state index in [0.29, 0.717) is 22.3 Å². The average Bonchev–Trinajstić information content (AvgIpc) is 0.855. The fraction of sp³-hybridized carbons (Fsp3) is 0.159. The summed E-state index contributed by atoms with van der Waals surface area (Å²) in [6.45, 7) is 10.5. The number of esters is 2. The number of carboxylic acid groups (broad SMARTS) is 2. The molecule has 498 valence electrons. The van der Waals surface area contributed by atoms with Crippen molar-refractivity contribution in [3.8, 4) is 0 Å². The Morgan fingerprint density at radius 1 is 0.368 bits per heavy atom. The average molecular weight is 1330 g/mol. The number of aromatic carboxylic acids is 1. The largest absolute Gasteiger partial charge is 0.478 e. The highest BCUT2D eigenvalue weighted by Gasteiger charge is 2.33. The van der Waals surface area contributed by atoms with E-state index in [1.807, 2.05) is 0 Å². The number of ether oxygens (including phenoxy) is 2. The molecule has 0 aliphatic rings. The molecule has 17 nitrogen and oxygen atoms in total. The zero-order valence-electron chi connectivity index (χ0n) is 51.1. The topological polar surface area (TPSA) is 264 Å². The van der Waals surface area contributed by atoms with Gasteiger partial charge in [0.2, 0.25) is 0 Å². The van der Waals surface area contributed by atoms with Gasteiger partial charge >= 0.3 is 42.4 Å². The molecule has 0 heterocycles. The van der Waals surface area contributed by atoms with Gasteiger partial charge in [0, 0.05) is 58.1 Å². The summed E-state index contributed by atoms with van der Waals surface area (Å²) in [6, 6.07) is 38.1. The van der Waals surface area contributed by atoms with Crippen molar-refractivity contribution in [3.63, 3.8) is 0 Å². The van der Waals surface area contributed by atoms with Crippen LogP contribution in [-0.2, 0) is 47.2 Å². The highest BCUT2D eigenvalue weighted by atomic mass is 19.4. The van der Waals surface area contributed by atoms with Crippen molar-refractivity contribution < 1.29 is 103 Å². The molecule has 0 fully saturated rings. The third kappa shape index (κ3) is 27.1. The molecule has 7 aromatic carbocycles. The Morgan fingerprint density at radius 2 is 0.642 bits per heavy atom. The molecule has 0 atom stereocenters. The Kier molecular flexibility index (Phi) is 27.5. The van der Waals surface area contributed by atoms with E-state index >= 15 is 0 Å². The Balaban J connectivity index is 0.000000272. The van der Waals surface area contributed by atoms with E-state index in [0.717, 1.165) is 48.6 Å². The van der Waals surface area contributed by atoms with Gasteiger partial charge in [0.05, 0.1) is 22.3 Å². The van der Waals surface area contributed by atoms with Crippen molar-refractivity contribution in [2.45, 2.75) is 71.3 Å². The van der Waals surface area contributed by atoms with Crippen molar-refractivity contribution in [2.75, 3.05) is 16.0 Å². The first-order valence-corrected chi connectivity index (χ1v) is 27.7. The van der Waals surface area contributed by atoms with Crippen molar-refractivity contribution in [2.24, 2.45) is 0 Å². The minimum absolute atomic E-state index is 0.00755. The van der Waals surface area contributed by atoms with E-state index in [1.54, 1.807) is 108 Å². The predicted molar refractivity (Wildman–Crippen MR) is 336 cm³/mol. The van der Waals surface area contributed by atoms with E-state index in [-0.39, 0.29) is 39.3 Å². The van der Waals surface area contributed by atoms with Gasteiger partial charge in [-0.25, -0.2) is 24.7 Å². The number of aliphatic carboxylic acids is 1. The van der Waals surface area contributed by atoms with Crippen LogP contribution in [0.2, 0.25) is 0 Å². The third-order valence-corrected chi connectivity index (χ3v) is 11.7. The maximum atomic E-state index is 12.8. The lowest BCUT2D eigenvalue weighted by molar-refractivity contribution is -0.149. The number of carbonyl (C=O) groups is 8. The predicted octanol–water partition coefficient (Wildman–Crippen LogP) is 15.6. The smallest absolute Gasteiger partial charge is 0.416 e. The zero-order valence-corrected chi connectivity index (χ0v) is 51.1. The van der Waals surface area contributed by atoms with Crippen LogP contribution in [0.1, 0.15) is 122 Å². The first-order valence-electron chi connectivity index (χ1n) is 27.7. The number of hydrogen-bond donors (Lipinski definition) is 7. The van der Waals surface area contributed by atoms with Crippen molar-refractivity contribution in [3.05, 3.63) is 255 Å². The zero-order chi connectivity index (χ0) is 70.9. The lowest BCUT2D eigenvalue weighted by atomic mass is 10.1. The summed E-state index contributed by atoms with van der Waals surface area (Å²) in [5, 5.41) is 33.3. The van der Waals surface area contributed by atoms with Crippen LogP contribution in [0.5, 0.6) is 0 Å². The van der Waals surface area contributed by atoms with Gasteiger partial charge in [-0.3, -0.25) is 24.4 Å². The molecule has 0 radical (unpaired) electrons. The van der Waals surface area contributed by atoms with Gasteiger partial charge in [-0.2, -0.15) is 39.5 Å². The lowest BCUT2D eigenvalue weighted by Gasteiger charge is -2.18. The summed E-state index contributed by atoms with van der Waals surface area (Å²) < 4.78 is 125. The van der Waals surface area contributed by atoms with Gasteiger partial charge < -0.3 is 35.6 Å². The van der Waals surface area contributed by atoms with E-state index in [2.05, 4.69) is 16.0 Å². The summed E-state index contributed by atoms with van der Waals surface area (Å²) in [7, 11) is 0. The highest BCUT2D eigenvalue weighted by Crippen LogP contribution is 2.33. The molecule has 0 unspecified atom stereocenters. The first kappa shape index (κ1) is 76.0. The molecule has 0 aliphatic heterocycles. The Labute approximate surface area is 537 Å². The fourth-order valence-electron chi connectivity index (χ4n) is 7.65. The maximum absolute atomic E-state index is 12.8. The molecule has 0 aromatic heterocycles. The second-order valence-electron chi connectivity index (χ2n) is 21.5. The maximum Gasteiger partial charge on any atom is 0.416 e. The number of anilines is 3. The monoisotopic (exact) mass is 1320 g/mol. The Morgan fingerprint density at radius 3 is 0.916 bits per heavy atom. The van der Waals surface area contributed by atoms with E-state index in [1.165, 1.54) is 109 Å². The van der Waals surface area contributed by atoms with Crippen LogP contribution in [-0.4, -0.2) is 74.1 Å². The summed E-state index contributed by atoms with van der Waals surface area (Å²) >= 11 is 0. The van der Waals surface area contributed by atoms with Crippen LogP contribution >= 0.6 is 0 Å². The van der Waals surface area contributed by atoms with E-state index in [4.69, 9.17) is 24.9 Å². The summed E-state index contributed by atoms with van der Waals surface area (Å²) in [4.78, 5) is 93.0. The molecule has 0 saturated carbocycles. The number of hydroxylamine groups is 1. The van der Waals surface area contributed by atoms with Gasteiger partial charge in [-0.15, -0.1) is 0 Å². The number of rotatable bonds is 15. The lowest BCUT2D eigenvalue weighted by Crippen LogP contribution is -2.22. The van der Waals surface area contributed by atoms with Crippen molar-refractivity contribution in [1.82, 2.24) is 5.48 Å². The normalized spacial score (nSPS) is 11.6. The molecule has 4 amide bonds. The van der Waals surface area contributed by atoms with Crippen molar-refractivity contribution in [1.29, 1.82) is 0 Å². The molecular formula is C69H61F9N4O13. The van der Waals surface area contributed by atoms with Gasteiger partial charge in [0.15, 0.2) is 0 Å². The van der Waals surface area contributed by atoms with Gasteiger partial charge in [-0.1, -0.05) is 91.0 Å². The summed E-state index contributed by atoms with van der Waals surface area (Å²) in [6.07, 6.45) is -3.82. The van der Waals surface area contributed by atoms with Crippen LogP contribution in [0.25, 0.3) is 24.3 Å². The molecule has 7 aromatic rings. The number of amides is 4. The van der Waals surface area contributed by atoms with E-state index in [9.17, 15) is 77.9 Å². The molecule has 7 rings (SSSR count). The second kappa shape index (κ2) is 34.3.